The molecule has 2 N–H and O–H groups in total. The third-order valence-electron chi connectivity index (χ3n) is 5.31. The SMILES string of the molecule is CC(CC(=O)Nc1cc(S(=O)(=O)N2CCCC2)ccc1Cl)(C(=O)O)c1ccccc1. The number of halogens is 1. The van der Waals surface area contributed by atoms with Gasteiger partial charge >= 0.3 is 5.97 Å². The highest BCUT2D eigenvalue weighted by atomic mass is 35.5. The smallest absolute Gasteiger partial charge is 0.314 e. The molecule has 1 aliphatic rings. The molecule has 30 heavy (non-hydrogen) atoms. The highest BCUT2D eigenvalue weighted by Gasteiger charge is 2.37. The van der Waals surface area contributed by atoms with E-state index < -0.39 is 27.3 Å². The molecule has 1 amide bonds. The van der Waals surface area contributed by atoms with Crippen molar-refractivity contribution < 1.29 is 23.1 Å². The van der Waals surface area contributed by atoms with Crippen LogP contribution in [0, 0.1) is 0 Å². The highest BCUT2D eigenvalue weighted by Crippen LogP contribution is 2.31. The predicted molar refractivity (Wildman–Crippen MR) is 114 cm³/mol. The number of hydrogen-bond donors (Lipinski definition) is 2. The third kappa shape index (κ3) is 4.50. The minimum atomic E-state index is -3.68. The zero-order chi connectivity index (χ0) is 21.9. The van der Waals surface area contributed by atoms with Crippen molar-refractivity contribution in [3.63, 3.8) is 0 Å². The quantitative estimate of drug-likeness (QED) is 0.671. The molecule has 0 aromatic heterocycles. The first-order valence-corrected chi connectivity index (χ1v) is 11.3. The lowest BCUT2D eigenvalue weighted by Crippen LogP contribution is -2.36. The second-order valence-corrected chi connectivity index (χ2v) is 9.83. The van der Waals surface area contributed by atoms with Gasteiger partial charge in [-0.1, -0.05) is 41.9 Å². The van der Waals surface area contributed by atoms with Crippen molar-refractivity contribution in [1.82, 2.24) is 4.31 Å². The number of hydrogen-bond acceptors (Lipinski definition) is 4. The zero-order valence-electron chi connectivity index (χ0n) is 16.5. The monoisotopic (exact) mass is 450 g/mol. The molecule has 3 rings (SSSR count). The third-order valence-corrected chi connectivity index (χ3v) is 7.54. The van der Waals surface area contributed by atoms with Crippen LogP contribution in [0.3, 0.4) is 0 Å². The lowest BCUT2D eigenvalue weighted by molar-refractivity contribution is -0.145. The van der Waals surface area contributed by atoms with E-state index in [0.29, 0.717) is 18.7 Å². The minimum absolute atomic E-state index is 0.0353. The molecule has 0 spiro atoms. The van der Waals surface area contributed by atoms with Crippen molar-refractivity contribution in [2.24, 2.45) is 0 Å². The Hall–Kier alpha value is -2.42. The molecule has 7 nitrogen and oxygen atoms in total. The molecule has 9 heteroatoms. The Morgan fingerprint density at radius 1 is 1.13 bits per heavy atom. The van der Waals surface area contributed by atoms with Crippen molar-refractivity contribution in [1.29, 1.82) is 0 Å². The fraction of sp³-hybridized carbons (Fsp3) is 0.333. The van der Waals surface area contributed by atoms with E-state index in [1.54, 1.807) is 30.3 Å². The number of nitrogens with one attached hydrogen (secondary N) is 1. The van der Waals surface area contributed by atoms with Gasteiger partial charge in [-0.15, -0.1) is 0 Å². The van der Waals surface area contributed by atoms with Gasteiger partial charge in [0, 0.05) is 19.5 Å². The Bertz CT molecular complexity index is 1050. The first-order valence-electron chi connectivity index (χ1n) is 9.53. The summed E-state index contributed by atoms with van der Waals surface area (Å²) in [6.45, 7) is 2.39. The van der Waals surface area contributed by atoms with Gasteiger partial charge < -0.3 is 10.4 Å². The average Bonchev–Trinajstić information content (AvgIpc) is 3.25. The molecule has 0 aliphatic carbocycles. The van der Waals surface area contributed by atoms with E-state index in [2.05, 4.69) is 5.32 Å². The second kappa shape index (κ2) is 8.75. The van der Waals surface area contributed by atoms with Crippen LogP contribution in [0.5, 0.6) is 0 Å². The topological polar surface area (TPSA) is 104 Å². The van der Waals surface area contributed by atoms with Gasteiger partial charge in [-0.05, 0) is 43.5 Å². The van der Waals surface area contributed by atoms with E-state index in [0.717, 1.165) is 12.8 Å². The van der Waals surface area contributed by atoms with E-state index in [9.17, 15) is 23.1 Å². The van der Waals surface area contributed by atoms with Crippen LogP contribution in [-0.2, 0) is 25.0 Å². The fourth-order valence-electron chi connectivity index (χ4n) is 3.46. The number of anilines is 1. The molecule has 1 heterocycles. The number of carboxylic acid groups (broad SMARTS) is 1. The van der Waals surface area contributed by atoms with E-state index in [-0.39, 0.29) is 22.0 Å². The van der Waals surface area contributed by atoms with Crippen molar-refractivity contribution in [3.05, 3.63) is 59.1 Å². The lowest BCUT2D eigenvalue weighted by Gasteiger charge is -2.25. The largest absolute Gasteiger partial charge is 0.481 e. The molecular weight excluding hydrogens is 428 g/mol. The Labute approximate surface area is 180 Å². The van der Waals surface area contributed by atoms with Gasteiger partial charge in [0.1, 0.15) is 0 Å². The number of benzene rings is 2. The van der Waals surface area contributed by atoms with Crippen LogP contribution in [0.15, 0.2) is 53.4 Å². The maximum Gasteiger partial charge on any atom is 0.314 e. The Kier molecular flexibility index (Phi) is 6.50. The van der Waals surface area contributed by atoms with Crippen LogP contribution in [-0.4, -0.2) is 42.8 Å². The Morgan fingerprint density at radius 2 is 1.77 bits per heavy atom. The van der Waals surface area contributed by atoms with Crippen LogP contribution in [0.1, 0.15) is 31.7 Å². The average molecular weight is 451 g/mol. The summed E-state index contributed by atoms with van der Waals surface area (Å²) < 4.78 is 27.0. The van der Waals surface area contributed by atoms with Gasteiger partial charge in [-0.25, -0.2) is 8.42 Å². The van der Waals surface area contributed by atoms with Gasteiger partial charge in [0.25, 0.3) is 0 Å². The number of sulfonamides is 1. The number of carbonyl (C=O) groups excluding carboxylic acids is 1. The highest BCUT2D eigenvalue weighted by molar-refractivity contribution is 7.89. The number of amides is 1. The van der Waals surface area contributed by atoms with Gasteiger partial charge in [0.15, 0.2) is 0 Å². The van der Waals surface area contributed by atoms with E-state index in [1.165, 1.54) is 29.4 Å². The number of nitrogens with zero attached hydrogens (tertiary/aromatic N) is 1. The van der Waals surface area contributed by atoms with Crippen LogP contribution in [0.4, 0.5) is 5.69 Å². The summed E-state index contributed by atoms with van der Waals surface area (Å²) in [4.78, 5) is 24.6. The molecule has 1 aliphatic heterocycles. The predicted octanol–water partition coefficient (Wildman–Crippen LogP) is 3.50. The zero-order valence-corrected chi connectivity index (χ0v) is 18.0. The van der Waals surface area contributed by atoms with Crippen molar-refractivity contribution >= 4 is 39.2 Å². The molecular formula is C21H23ClN2O5S. The minimum Gasteiger partial charge on any atom is -0.481 e. The maximum absolute atomic E-state index is 12.8. The van der Waals surface area contributed by atoms with Gasteiger partial charge in [-0.2, -0.15) is 4.31 Å². The van der Waals surface area contributed by atoms with Crippen molar-refractivity contribution in [2.75, 3.05) is 18.4 Å². The summed E-state index contributed by atoms with van der Waals surface area (Å²) >= 11 is 6.16. The molecule has 1 saturated heterocycles. The second-order valence-electron chi connectivity index (χ2n) is 7.48. The number of aliphatic carboxylic acids is 1. The van der Waals surface area contributed by atoms with Gasteiger partial charge in [0.2, 0.25) is 15.9 Å². The molecule has 2 aromatic rings. The first-order chi connectivity index (χ1) is 14.1. The normalized spacial score (nSPS) is 16.7. The standard InChI is InChI=1S/C21H23ClN2O5S/c1-21(20(26)27,15-7-3-2-4-8-15)14-19(25)23-18-13-16(9-10-17(18)22)30(28,29)24-11-5-6-12-24/h2-4,7-10,13H,5-6,11-12,14H2,1H3,(H,23,25)(H,26,27). The number of carboxylic acids is 1. The summed E-state index contributed by atoms with van der Waals surface area (Å²) in [5.74, 6) is -1.72. The number of rotatable bonds is 7. The summed E-state index contributed by atoms with van der Waals surface area (Å²) in [5.41, 5.74) is -0.830. The Morgan fingerprint density at radius 3 is 2.37 bits per heavy atom. The molecule has 0 saturated carbocycles. The van der Waals surface area contributed by atoms with E-state index in [4.69, 9.17) is 11.6 Å². The molecule has 0 bridgehead atoms. The first kappa shape index (κ1) is 22.3. The molecule has 2 aromatic carbocycles. The number of carbonyl (C=O) groups is 2. The lowest BCUT2D eigenvalue weighted by atomic mass is 9.79. The summed E-state index contributed by atoms with van der Waals surface area (Å²) in [6.07, 6.45) is 1.28. The summed E-state index contributed by atoms with van der Waals surface area (Å²) in [5, 5.41) is 12.5. The molecule has 160 valence electrons. The van der Waals surface area contributed by atoms with Crippen LogP contribution in [0.25, 0.3) is 0 Å². The fourth-order valence-corrected chi connectivity index (χ4v) is 5.17. The van der Waals surface area contributed by atoms with Crippen molar-refractivity contribution in [3.8, 4) is 0 Å². The van der Waals surface area contributed by atoms with Crippen LogP contribution in [0.2, 0.25) is 5.02 Å². The molecule has 1 unspecified atom stereocenters. The van der Waals surface area contributed by atoms with Crippen molar-refractivity contribution in [2.45, 2.75) is 36.5 Å². The van der Waals surface area contributed by atoms with Crippen LogP contribution >= 0.6 is 11.6 Å². The van der Waals surface area contributed by atoms with Crippen LogP contribution < -0.4 is 5.32 Å². The van der Waals surface area contributed by atoms with E-state index in [1.807, 2.05) is 0 Å². The van der Waals surface area contributed by atoms with E-state index >= 15 is 0 Å². The summed E-state index contributed by atoms with van der Waals surface area (Å²) in [6, 6.07) is 12.6. The maximum atomic E-state index is 12.8. The summed E-state index contributed by atoms with van der Waals surface area (Å²) in [7, 11) is -3.68. The van der Waals surface area contributed by atoms with Gasteiger partial charge in [-0.3, -0.25) is 9.59 Å². The van der Waals surface area contributed by atoms with Gasteiger partial charge in [0.05, 0.1) is 21.0 Å². The molecule has 1 fully saturated rings. The molecule has 0 radical (unpaired) electrons. The Balaban J connectivity index is 1.83. The molecule has 1 atom stereocenters.